The molecule has 0 bridgehead atoms. The van der Waals surface area contributed by atoms with Crippen molar-refractivity contribution in [1.29, 1.82) is 0 Å². The van der Waals surface area contributed by atoms with Gasteiger partial charge in [0.15, 0.2) is 0 Å². The van der Waals surface area contributed by atoms with E-state index in [2.05, 4.69) is 10.2 Å². The van der Waals surface area contributed by atoms with Crippen LogP contribution in [0.5, 0.6) is 0 Å². The number of morpholine rings is 1. The first-order valence-electron chi connectivity index (χ1n) is 13.2. The van der Waals surface area contributed by atoms with Gasteiger partial charge in [0.25, 0.3) is 0 Å². The predicted molar refractivity (Wildman–Crippen MR) is 136 cm³/mol. The van der Waals surface area contributed by atoms with Gasteiger partial charge in [0.05, 0.1) is 19.3 Å². The van der Waals surface area contributed by atoms with Gasteiger partial charge in [-0.2, -0.15) is 0 Å². The van der Waals surface area contributed by atoms with Crippen molar-refractivity contribution in [2.75, 3.05) is 26.3 Å². The van der Waals surface area contributed by atoms with Gasteiger partial charge in [0, 0.05) is 31.5 Å². The van der Waals surface area contributed by atoms with Crippen LogP contribution in [-0.4, -0.2) is 43.2 Å². The highest BCUT2D eigenvalue weighted by molar-refractivity contribution is 5.81. The molecule has 1 N–H and O–H groups in total. The number of amides is 1. The van der Waals surface area contributed by atoms with Gasteiger partial charge in [-0.1, -0.05) is 36.4 Å². The molecular formula is C30H33F3N2O2. The Morgan fingerprint density at radius 2 is 1.70 bits per heavy atom. The van der Waals surface area contributed by atoms with E-state index >= 15 is 4.39 Å². The number of allylic oxidation sites excluding steroid dienone is 3. The second-order valence-electron chi connectivity index (χ2n) is 10.2. The number of hydrogen-bond acceptors (Lipinski definition) is 3. The molecule has 1 heterocycles. The average molecular weight is 511 g/mol. The van der Waals surface area contributed by atoms with E-state index in [1.807, 2.05) is 6.07 Å². The van der Waals surface area contributed by atoms with Crippen LogP contribution in [0.1, 0.15) is 55.2 Å². The Hall–Kier alpha value is -2.90. The Bertz CT molecular complexity index is 1160. The maximum Gasteiger partial charge on any atom is 0.224 e. The standard InChI is InChI=1S/C30H33F3N2O2/c31-22-9-5-20(6-10-22)29(21-7-11-23(32)12-8-21)34-30(36)26-14-13-24(35-15-17-37-18-16-35)19-27(26)25-3-1-2-4-28(25)33/h1-7,9-11,24,26-27,29H,8,12-19H2,(H,34,36)/t24-,26-,27+,29?/m1/s1. The number of nitrogens with one attached hydrogen (secondary N) is 1. The molecule has 5 rings (SSSR count). The molecule has 1 saturated heterocycles. The third-order valence-corrected chi connectivity index (χ3v) is 8.02. The summed E-state index contributed by atoms with van der Waals surface area (Å²) in [5, 5.41) is 3.18. The van der Waals surface area contributed by atoms with Gasteiger partial charge in [-0.25, -0.2) is 13.2 Å². The van der Waals surface area contributed by atoms with Crippen molar-refractivity contribution < 1.29 is 22.7 Å². The van der Waals surface area contributed by atoms with Crippen LogP contribution in [0, 0.1) is 17.6 Å². The molecule has 3 aliphatic rings. The van der Waals surface area contributed by atoms with Crippen LogP contribution < -0.4 is 5.32 Å². The van der Waals surface area contributed by atoms with E-state index < -0.39 is 12.0 Å². The minimum Gasteiger partial charge on any atom is -0.379 e. The number of hydrogen-bond donors (Lipinski definition) is 1. The molecule has 1 unspecified atom stereocenters. The van der Waals surface area contributed by atoms with E-state index in [0.717, 1.165) is 30.6 Å². The normalized spacial score (nSPS) is 25.6. The summed E-state index contributed by atoms with van der Waals surface area (Å²) in [6, 6.07) is 12.5. The van der Waals surface area contributed by atoms with Crippen LogP contribution >= 0.6 is 0 Å². The molecule has 196 valence electrons. The van der Waals surface area contributed by atoms with Crippen LogP contribution in [0.3, 0.4) is 0 Å². The van der Waals surface area contributed by atoms with Crippen LogP contribution in [0.4, 0.5) is 13.2 Å². The molecule has 0 radical (unpaired) electrons. The van der Waals surface area contributed by atoms with Crippen LogP contribution in [0.15, 0.2) is 72.1 Å². The Balaban J connectivity index is 1.42. The van der Waals surface area contributed by atoms with Crippen LogP contribution in [0.2, 0.25) is 0 Å². The van der Waals surface area contributed by atoms with Crippen LogP contribution in [-0.2, 0) is 9.53 Å². The molecule has 1 saturated carbocycles. The molecule has 37 heavy (non-hydrogen) atoms. The summed E-state index contributed by atoms with van der Waals surface area (Å²) >= 11 is 0. The molecule has 2 aliphatic carbocycles. The topological polar surface area (TPSA) is 41.6 Å². The fraction of sp³-hybridized carbons (Fsp3) is 0.433. The molecular weight excluding hydrogens is 477 g/mol. The van der Waals surface area contributed by atoms with E-state index in [-0.39, 0.29) is 41.7 Å². The van der Waals surface area contributed by atoms with Gasteiger partial charge < -0.3 is 10.1 Å². The number of rotatable bonds is 6. The lowest BCUT2D eigenvalue weighted by molar-refractivity contribution is -0.128. The molecule has 2 aromatic rings. The average Bonchev–Trinajstić information content (AvgIpc) is 2.93. The highest BCUT2D eigenvalue weighted by atomic mass is 19.1. The van der Waals surface area contributed by atoms with Gasteiger partial charge >= 0.3 is 0 Å². The van der Waals surface area contributed by atoms with Gasteiger partial charge in [0.2, 0.25) is 5.91 Å². The minimum atomic E-state index is -0.504. The van der Waals surface area contributed by atoms with E-state index in [1.54, 1.807) is 30.3 Å². The molecule has 4 atom stereocenters. The van der Waals surface area contributed by atoms with Crippen molar-refractivity contribution in [1.82, 2.24) is 10.2 Å². The second kappa shape index (κ2) is 11.7. The molecule has 2 fully saturated rings. The maximum atomic E-state index is 15.0. The molecule has 4 nitrogen and oxygen atoms in total. The third kappa shape index (κ3) is 5.99. The highest BCUT2D eigenvalue weighted by Gasteiger charge is 2.40. The highest BCUT2D eigenvalue weighted by Crippen LogP contribution is 2.42. The van der Waals surface area contributed by atoms with E-state index in [9.17, 15) is 13.6 Å². The molecule has 0 spiro atoms. The van der Waals surface area contributed by atoms with Gasteiger partial charge in [0.1, 0.15) is 17.5 Å². The summed E-state index contributed by atoms with van der Waals surface area (Å²) in [7, 11) is 0. The summed E-state index contributed by atoms with van der Waals surface area (Å²) < 4.78 is 47.9. The van der Waals surface area contributed by atoms with Crippen molar-refractivity contribution in [3.8, 4) is 0 Å². The molecule has 7 heteroatoms. The molecule has 1 amide bonds. The van der Waals surface area contributed by atoms with Gasteiger partial charge in [-0.3, -0.25) is 9.69 Å². The number of carbonyl (C=O) groups is 1. The summed E-state index contributed by atoms with van der Waals surface area (Å²) in [6.07, 6.45) is 6.04. The lowest BCUT2D eigenvalue weighted by atomic mass is 9.72. The minimum absolute atomic E-state index is 0.154. The number of nitrogens with zero attached hydrogens (tertiary/aromatic N) is 1. The lowest BCUT2D eigenvalue weighted by Gasteiger charge is -2.42. The van der Waals surface area contributed by atoms with Crippen molar-refractivity contribution >= 4 is 5.91 Å². The molecule has 1 aliphatic heterocycles. The lowest BCUT2D eigenvalue weighted by Crippen LogP contribution is -2.48. The summed E-state index contributed by atoms with van der Waals surface area (Å²) in [5.74, 6) is -1.69. The fourth-order valence-corrected chi connectivity index (χ4v) is 6.02. The molecule has 0 aromatic heterocycles. The molecule has 2 aromatic carbocycles. The second-order valence-corrected chi connectivity index (χ2v) is 10.2. The zero-order valence-corrected chi connectivity index (χ0v) is 20.8. The number of carbonyl (C=O) groups excluding carboxylic acids is 1. The summed E-state index contributed by atoms with van der Waals surface area (Å²) in [6.45, 7) is 3.06. The SMILES string of the molecule is O=C(NC(C1=CC=C(F)CC1)c1ccc(F)cc1)[C@@H]1CC[C@@H](N2CCOCC2)C[C@H]1c1ccccc1F. The van der Waals surface area contributed by atoms with E-state index in [4.69, 9.17) is 4.74 Å². The first kappa shape index (κ1) is 25.7. The maximum absolute atomic E-state index is 15.0. The Morgan fingerprint density at radius 1 is 0.946 bits per heavy atom. The quantitative estimate of drug-likeness (QED) is 0.520. The Labute approximate surface area is 216 Å². The third-order valence-electron chi connectivity index (χ3n) is 8.02. The first-order chi connectivity index (χ1) is 18.0. The zero-order valence-electron chi connectivity index (χ0n) is 20.8. The van der Waals surface area contributed by atoms with Gasteiger partial charge in [-0.15, -0.1) is 0 Å². The van der Waals surface area contributed by atoms with Crippen molar-refractivity contribution in [2.45, 2.75) is 50.1 Å². The Morgan fingerprint density at radius 3 is 2.41 bits per heavy atom. The number of ether oxygens (including phenoxy) is 1. The van der Waals surface area contributed by atoms with E-state index in [0.29, 0.717) is 38.0 Å². The van der Waals surface area contributed by atoms with Crippen molar-refractivity contribution in [3.05, 3.63) is 94.8 Å². The van der Waals surface area contributed by atoms with Gasteiger partial charge in [-0.05, 0) is 72.6 Å². The van der Waals surface area contributed by atoms with E-state index in [1.165, 1.54) is 24.3 Å². The monoisotopic (exact) mass is 510 g/mol. The first-order valence-corrected chi connectivity index (χ1v) is 13.2. The summed E-state index contributed by atoms with van der Waals surface area (Å²) in [4.78, 5) is 16.3. The number of halogens is 3. The fourth-order valence-electron chi connectivity index (χ4n) is 6.02. The Kier molecular flexibility index (Phi) is 8.11. The number of benzene rings is 2. The van der Waals surface area contributed by atoms with Crippen molar-refractivity contribution in [2.24, 2.45) is 5.92 Å². The zero-order chi connectivity index (χ0) is 25.8. The summed E-state index contributed by atoms with van der Waals surface area (Å²) in [5.41, 5.74) is 2.17. The smallest absolute Gasteiger partial charge is 0.224 e. The largest absolute Gasteiger partial charge is 0.379 e. The van der Waals surface area contributed by atoms with Crippen molar-refractivity contribution in [3.63, 3.8) is 0 Å². The predicted octanol–water partition coefficient (Wildman–Crippen LogP) is 5.98. The van der Waals surface area contributed by atoms with Crippen LogP contribution in [0.25, 0.3) is 0 Å².